The third-order valence-electron chi connectivity index (χ3n) is 3.84. The maximum atomic E-state index is 5.61. The Morgan fingerprint density at radius 3 is 2.17 bits per heavy atom. The summed E-state index contributed by atoms with van der Waals surface area (Å²) >= 11 is 0. The molecule has 0 bridgehead atoms. The average Bonchev–Trinajstić information content (AvgIpc) is 3.10. The molecule has 5 nitrogen and oxygen atoms in total. The molecule has 0 unspecified atom stereocenters. The minimum Gasteiger partial charge on any atom is -0.496 e. The Labute approximate surface area is 135 Å². The Kier molecular flexibility index (Phi) is 4.37. The van der Waals surface area contributed by atoms with Crippen LogP contribution in [0.5, 0.6) is 17.2 Å². The summed E-state index contributed by atoms with van der Waals surface area (Å²) in [6.45, 7) is 0. The van der Waals surface area contributed by atoms with Crippen molar-refractivity contribution in [2.45, 2.75) is 12.5 Å². The summed E-state index contributed by atoms with van der Waals surface area (Å²) < 4.78 is 16.3. The summed E-state index contributed by atoms with van der Waals surface area (Å²) in [5.74, 6) is 1.97. The Balaban J connectivity index is 1.93. The number of methoxy groups -OCH3 is 3. The number of oxime groups is 1. The van der Waals surface area contributed by atoms with E-state index in [1.54, 1.807) is 21.3 Å². The Hall–Kier alpha value is -2.69. The van der Waals surface area contributed by atoms with Crippen LogP contribution in [0.25, 0.3) is 0 Å². The van der Waals surface area contributed by atoms with Crippen molar-refractivity contribution in [3.63, 3.8) is 0 Å². The fourth-order valence-electron chi connectivity index (χ4n) is 2.66. The molecule has 0 N–H and O–H groups in total. The molecule has 120 valence electrons. The van der Waals surface area contributed by atoms with Gasteiger partial charge in [-0.25, -0.2) is 0 Å². The second-order valence-electron chi connectivity index (χ2n) is 5.15. The van der Waals surface area contributed by atoms with E-state index in [9.17, 15) is 0 Å². The summed E-state index contributed by atoms with van der Waals surface area (Å²) in [6.07, 6.45) is 0.561. The zero-order chi connectivity index (χ0) is 16.2. The standard InChI is InChI=1S/C18H19NO4/c1-20-13-9-16(21-2)18(17(10-13)22-3)14-11-15(23-19-14)12-7-5-4-6-8-12/h4-10,15H,11H2,1-3H3/t15-/m0/s1. The molecule has 0 fully saturated rings. The second-order valence-corrected chi connectivity index (χ2v) is 5.15. The van der Waals surface area contributed by atoms with Gasteiger partial charge in [-0.3, -0.25) is 0 Å². The van der Waals surface area contributed by atoms with Gasteiger partial charge in [0.1, 0.15) is 17.2 Å². The molecule has 0 spiro atoms. The minimum absolute atomic E-state index is 0.0947. The highest BCUT2D eigenvalue weighted by molar-refractivity contribution is 6.06. The molecule has 3 rings (SSSR count). The number of rotatable bonds is 5. The molecule has 0 saturated carbocycles. The molecule has 2 aromatic rings. The second kappa shape index (κ2) is 6.60. The van der Waals surface area contributed by atoms with Crippen molar-refractivity contribution < 1.29 is 19.0 Å². The normalized spacial score (nSPS) is 16.5. The van der Waals surface area contributed by atoms with Crippen molar-refractivity contribution in [1.82, 2.24) is 0 Å². The number of ether oxygens (including phenoxy) is 3. The van der Waals surface area contributed by atoms with Crippen molar-refractivity contribution in [2.75, 3.05) is 21.3 Å². The topological polar surface area (TPSA) is 49.3 Å². The van der Waals surface area contributed by atoms with Crippen LogP contribution < -0.4 is 14.2 Å². The first-order valence-electron chi connectivity index (χ1n) is 7.34. The van der Waals surface area contributed by atoms with Gasteiger partial charge in [0, 0.05) is 18.6 Å². The van der Waals surface area contributed by atoms with Gasteiger partial charge in [0.25, 0.3) is 0 Å². The van der Waals surface area contributed by atoms with E-state index >= 15 is 0 Å². The van der Waals surface area contributed by atoms with Crippen LogP contribution in [0.4, 0.5) is 0 Å². The first-order valence-corrected chi connectivity index (χ1v) is 7.34. The Morgan fingerprint density at radius 1 is 0.957 bits per heavy atom. The quantitative estimate of drug-likeness (QED) is 0.846. The molecule has 2 aromatic carbocycles. The highest BCUT2D eigenvalue weighted by Gasteiger charge is 2.28. The molecule has 1 aliphatic heterocycles. The Morgan fingerprint density at radius 2 is 1.61 bits per heavy atom. The van der Waals surface area contributed by atoms with Gasteiger partial charge in [-0.05, 0) is 5.56 Å². The largest absolute Gasteiger partial charge is 0.496 e. The molecule has 1 aliphatic rings. The van der Waals surface area contributed by atoms with Gasteiger partial charge >= 0.3 is 0 Å². The summed E-state index contributed by atoms with van der Waals surface area (Å²) in [6, 6.07) is 13.7. The summed E-state index contributed by atoms with van der Waals surface area (Å²) in [7, 11) is 4.83. The monoisotopic (exact) mass is 313 g/mol. The number of hydrogen-bond donors (Lipinski definition) is 0. The predicted octanol–water partition coefficient (Wildman–Crippen LogP) is 3.58. The van der Waals surface area contributed by atoms with Crippen LogP contribution in [-0.4, -0.2) is 27.0 Å². The maximum absolute atomic E-state index is 5.61. The van der Waals surface area contributed by atoms with E-state index in [0.29, 0.717) is 23.7 Å². The molecule has 1 atom stereocenters. The molecule has 0 amide bonds. The van der Waals surface area contributed by atoms with Crippen molar-refractivity contribution in [1.29, 1.82) is 0 Å². The van der Waals surface area contributed by atoms with E-state index in [-0.39, 0.29) is 6.10 Å². The van der Waals surface area contributed by atoms with E-state index < -0.39 is 0 Å². The summed E-state index contributed by atoms with van der Waals surface area (Å²) in [4.78, 5) is 5.61. The van der Waals surface area contributed by atoms with Crippen molar-refractivity contribution in [2.24, 2.45) is 5.16 Å². The van der Waals surface area contributed by atoms with E-state index in [2.05, 4.69) is 5.16 Å². The fraction of sp³-hybridized carbons (Fsp3) is 0.278. The highest BCUT2D eigenvalue weighted by Crippen LogP contribution is 2.39. The number of benzene rings is 2. The lowest BCUT2D eigenvalue weighted by Crippen LogP contribution is -2.06. The van der Waals surface area contributed by atoms with E-state index in [0.717, 1.165) is 16.8 Å². The summed E-state index contributed by atoms with van der Waals surface area (Å²) in [5, 5.41) is 4.25. The molecule has 5 heteroatoms. The summed E-state index contributed by atoms with van der Waals surface area (Å²) in [5.41, 5.74) is 2.70. The van der Waals surface area contributed by atoms with E-state index in [1.165, 1.54) is 0 Å². The third-order valence-corrected chi connectivity index (χ3v) is 3.84. The van der Waals surface area contributed by atoms with E-state index in [1.807, 2.05) is 42.5 Å². The van der Waals surface area contributed by atoms with Crippen LogP contribution in [0.15, 0.2) is 47.6 Å². The minimum atomic E-state index is -0.0947. The zero-order valence-corrected chi connectivity index (χ0v) is 13.4. The van der Waals surface area contributed by atoms with Crippen molar-refractivity contribution in [3.05, 3.63) is 53.6 Å². The maximum Gasteiger partial charge on any atom is 0.158 e. The van der Waals surface area contributed by atoms with Crippen LogP contribution in [-0.2, 0) is 4.84 Å². The van der Waals surface area contributed by atoms with Crippen LogP contribution in [0.2, 0.25) is 0 Å². The van der Waals surface area contributed by atoms with Crippen LogP contribution >= 0.6 is 0 Å². The first-order chi connectivity index (χ1) is 11.3. The lowest BCUT2D eigenvalue weighted by molar-refractivity contribution is 0.0857. The van der Waals surface area contributed by atoms with Gasteiger partial charge in [-0.1, -0.05) is 35.5 Å². The lowest BCUT2D eigenvalue weighted by atomic mass is 9.99. The number of nitrogens with zero attached hydrogens (tertiary/aromatic N) is 1. The molecule has 0 radical (unpaired) electrons. The molecular weight excluding hydrogens is 294 g/mol. The molecule has 0 aliphatic carbocycles. The molecule has 0 saturated heterocycles. The smallest absolute Gasteiger partial charge is 0.158 e. The average molecular weight is 313 g/mol. The third kappa shape index (κ3) is 2.95. The fourth-order valence-corrected chi connectivity index (χ4v) is 2.66. The number of hydrogen-bond acceptors (Lipinski definition) is 5. The molecular formula is C18H19NO4. The van der Waals surface area contributed by atoms with Gasteiger partial charge in [0.05, 0.1) is 32.6 Å². The van der Waals surface area contributed by atoms with Gasteiger partial charge in [0.15, 0.2) is 6.10 Å². The SMILES string of the molecule is COc1cc(OC)c(C2=NO[C@H](c3ccccc3)C2)c(OC)c1. The lowest BCUT2D eigenvalue weighted by Gasteiger charge is -2.14. The van der Waals surface area contributed by atoms with Gasteiger partial charge < -0.3 is 19.0 Å². The van der Waals surface area contributed by atoms with E-state index in [4.69, 9.17) is 19.0 Å². The van der Waals surface area contributed by atoms with Crippen LogP contribution in [0.3, 0.4) is 0 Å². The highest BCUT2D eigenvalue weighted by atomic mass is 16.6. The Bertz CT molecular complexity index is 687. The van der Waals surface area contributed by atoms with Gasteiger partial charge in [-0.15, -0.1) is 0 Å². The van der Waals surface area contributed by atoms with Gasteiger partial charge in [0.2, 0.25) is 0 Å². The molecule has 23 heavy (non-hydrogen) atoms. The van der Waals surface area contributed by atoms with Crippen molar-refractivity contribution in [3.8, 4) is 17.2 Å². The molecule has 1 heterocycles. The molecule has 0 aromatic heterocycles. The van der Waals surface area contributed by atoms with Gasteiger partial charge in [-0.2, -0.15) is 0 Å². The van der Waals surface area contributed by atoms with Crippen LogP contribution in [0.1, 0.15) is 23.7 Å². The van der Waals surface area contributed by atoms with Crippen LogP contribution in [0, 0.1) is 0 Å². The zero-order valence-electron chi connectivity index (χ0n) is 13.4. The predicted molar refractivity (Wildman–Crippen MR) is 87.5 cm³/mol. The van der Waals surface area contributed by atoms with Crippen molar-refractivity contribution >= 4 is 5.71 Å². The first kappa shape index (κ1) is 15.2.